The van der Waals surface area contributed by atoms with Crippen LogP contribution in [0.15, 0.2) is 9.64 Å². The highest BCUT2D eigenvalue weighted by molar-refractivity contribution is 7.91. The van der Waals surface area contributed by atoms with Gasteiger partial charge in [0.05, 0.1) is 0 Å². The Kier molecular flexibility index (Phi) is 5.93. The van der Waals surface area contributed by atoms with Crippen LogP contribution in [0.3, 0.4) is 0 Å². The normalized spacial score (nSPS) is 13.6. The number of ether oxygens (including phenoxy) is 1. The standard InChI is InChI=1S/C13H22N4O6S/c1-7(2)9(15-11(19)23-13(3,4)5)10-16-17-12(22-10)24(20,21)6-8(14)18/h7,9H,6H2,1-5H3,(H2,14,18)(H,15,19)/t9-/m0/s1. The van der Waals surface area contributed by atoms with E-state index >= 15 is 0 Å². The van der Waals surface area contributed by atoms with Gasteiger partial charge < -0.3 is 20.2 Å². The van der Waals surface area contributed by atoms with E-state index in [0.29, 0.717) is 0 Å². The number of sulfone groups is 1. The fourth-order valence-corrected chi connectivity index (χ4v) is 2.54. The highest BCUT2D eigenvalue weighted by Gasteiger charge is 2.30. The van der Waals surface area contributed by atoms with Crippen LogP contribution >= 0.6 is 0 Å². The average molecular weight is 362 g/mol. The molecule has 1 aromatic rings. The van der Waals surface area contributed by atoms with E-state index in [0.717, 1.165) is 0 Å². The van der Waals surface area contributed by atoms with Crippen LogP contribution in [0.4, 0.5) is 4.79 Å². The molecule has 0 saturated heterocycles. The lowest BCUT2D eigenvalue weighted by Gasteiger charge is -2.23. The molecular weight excluding hydrogens is 340 g/mol. The second kappa shape index (κ2) is 7.16. The summed E-state index contributed by atoms with van der Waals surface area (Å²) in [5.41, 5.74) is 4.18. The van der Waals surface area contributed by atoms with Crippen LogP contribution in [-0.4, -0.2) is 42.0 Å². The van der Waals surface area contributed by atoms with Gasteiger partial charge in [0, 0.05) is 0 Å². The molecular formula is C13H22N4O6S. The molecule has 10 nitrogen and oxygen atoms in total. The molecule has 0 spiro atoms. The Morgan fingerprint density at radius 1 is 1.29 bits per heavy atom. The lowest BCUT2D eigenvalue weighted by molar-refractivity contribution is -0.115. The quantitative estimate of drug-likeness (QED) is 0.743. The molecule has 1 aromatic heterocycles. The van der Waals surface area contributed by atoms with Crippen molar-refractivity contribution in [3.05, 3.63) is 5.89 Å². The topological polar surface area (TPSA) is 154 Å². The molecule has 1 rings (SSSR count). The molecule has 0 aliphatic heterocycles. The number of primary amides is 1. The number of nitrogens with two attached hydrogens (primary N) is 1. The molecule has 11 heteroatoms. The molecule has 0 aliphatic rings. The number of alkyl carbamates (subject to hydrolysis) is 1. The SMILES string of the molecule is CC(C)[C@H](NC(=O)OC(C)(C)C)c1nnc(S(=O)(=O)CC(N)=O)o1. The van der Waals surface area contributed by atoms with Crippen LogP contribution in [0.2, 0.25) is 0 Å². The Hall–Kier alpha value is -2.17. The molecule has 1 atom stereocenters. The van der Waals surface area contributed by atoms with Crippen molar-refractivity contribution in [3.63, 3.8) is 0 Å². The van der Waals surface area contributed by atoms with Gasteiger partial charge >= 0.3 is 11.3 Å². The van der Waals surface area contributed by atoms with Gasteiger partial charge in [-0.25, -0.2) is 13.2 Å². The van der Waals surface area contributed by atoms with Gasteiger partial charge in [-0.3, -0.25) is 4.79 Å². The third-order valence-electron chi connectivity index (χ3n) is 2.63. The van der Waals surface area contributed by atoms with Crippen molar-refractivity contribution in [2.24, 2.45) is 11.7 Å². The van der Waals surface area contributed by atoms with Crippen molar-refractivity contribution in [1.29, 1.82) is 0 Å². The van der Waals surface area contributed by atoms with Crippen LogP contribution in [0.1, 0.15) is 46.6 Å². The van der Waals surface area contributed by atoms with E-state index in [2.05, 4.69) is 15.5 Å². The molecule has 3 N–H and O–H groups in total. The molecule has 0 radical (unpaired) electrons. The molecule has 1 heterocycles. The van der Waals surface area contributed by atoms with Gasteiger partial charge in [-0.2, -0.15) is 0 Å². The summed E-state index contributed by atoms with van der Waals surface area (Å²) in [6.07, 6.45) is -0.707. The van der Waals surface area contributed by atoms with Gasteiger partial charge in [0.2, 0.25) is 21.6 Å². The summed E-state index contributed by atoms with van der Waals surface area (Å²) >= 11 is 0. The predicted octanol–water partition coefficient (Wildman–Crippen LogP) is 0.550. The minimum atomic E-state index is -4.11. The maximum atomic E-state index is 11.9. The van der Waals surface area contributed by atoms with Gasteiger partial charge in [0.15, 0.2) is 0 Å². The number of aromatic nitrogens is 2. The van der Waals surface area contributed by atoms with E-state index in [-0.39, 0.29) is 11.8 Å². The van der Waals surface area contributed by atoms with Gasteiger partial charge in [0.25, 0.3) is 0 Å². The Morgan fingerprint density at radius 2 is 1.88 bits per heavy atom. The maximum absolute atomic E-state index is 11.9. The summed E-state index contributed by atoms with van der Waals surface area (Å²) < 4.78 is 34.0. The number of carbonyl (C=O) groups excluding carboxylic acids is 2. The van der Waals surface area contributed by atoms with Crippen LogP contribution < -0.4 is 11.1 Å². The highest BCUT2D eigenvalue weighted by atomic mass is 32.2. The molecule has 0 aliphatic carbocycles. The van der Waals surface area contributed by atoms with E-state index in [1.54, 1.807) is 34.6 Å². The van der Waals surface area contributed by atoms with Crippen molar-refractivity contribution in [3.8, 4) is 0 Å². The van der Waals surface area contributed by atoms with Gasteiger partial charge in [-0.05, 0) is 26.7 Å². The second-order valence-corrected chi connectivity index (χ2v) is 8.37. The smallest absolute Gasteiger partial charge is 0.408 e. The Bertz CT molecular complexity index is 704. The Morgan fingerprint density at radius 3 is 2.33 bits per heavy atom. The van der Waals surface area contributed by atoms with Crippen molar-refractivity contribution < 1.29 is 27.2 Å². The molecule has 2 amide bonds. The fraction of sp³-hybridized carbons (Fsp3) is 0.692. The first-order valence-electron chi connectivity index (χ1n) is 7.16. The monoisotopic (exact) mass is 362 g/mol. The summed E-state index contributed by atoms with van der Waals surface area (Å²) in [6.45, 7) is 8.65. The minimum absolute atomic E-state index is 0.112. The van der Waals surface area contributed by atoms with Gasteiger partial charge in [-0.1, -0.05) is 18.9 Å². The number of amides is 2. The van der Waals surface area contributed by atoms with Gasteiger partial charge in [0.1, 0.15) is 17.4 Å². The zero-order valence-electron chi connectivity index (χ0n) is 14.2. The van der Waals surface area contributed by atoms with Crippen LogP contribution in [0.5, 0.6) is 0 Å². The van der Waals surface area contributed by atoms with E-state index in [1.807, 2.05) is 0 Å². The number of carbonyl (C=O) groups is 2. The van der Waals surface area contributed by atoms with Crippen LogP contribution in [0.25, 0.3) is 0 Å². The third-order valence-corrected chi connectivity index (χ3v) is 3.99. The third kappa shape index (κ3) is 5.80. The first kappa shape index (κ1) is 19.9. The minimum Gasteiger partial charge on any atom is -0.444 e. The summed E-state index contributed by atoms with van der Waals surface area (Å²) in [7, 11) is -4.11. The summed E-state index contributed by atoms with van der Waals surface area (Å²) in [5, 5.41) is 8.89. The first-order chi connectivity index (χ1) is 10.8. The number of hydrogen-bond donors (Lipinski definition) is 2. The molecule has 0 unspecified atom stereocenters. The van der Waals surface area contributed by atoms with Crippen LogP contribution in [-0.2, 0) is 19.4 Å². The molecule has 0 bridgehead atoms. The van der Waals surface area contributed by atoms with E-state index in [1.165, 1.54) is 0 Å². The fourth-order valence-electron chi connectivity index (χ4n) is 1.67. The lowest BCUT2D eigenvalue weighted by Crippen LogP contribution is -2.37. The number of hydrogen-bond acceptors (Lipinski definition) is 8. The van der Waals surface area contributed by atoms with E-state index in [9.17, 15) is 18.0 Å². The summed E-state index contributed by atoms with van der Waals surface area (Å²) in [6, 6.07) is -0.759. The highest BCUT2D eigenvalue weighted by Crippen LogP contribution is 2.23. The second-order valence-electron chi connectivity index (χ2n) is 6.50. The number of nitrogens with zero attached hydrogens (tertiary/aromatic N) is 2. The zero-order valence-corrected chi connectivity index (χ0v) is 15.0. The first-order valence-corrected chi connectivity index (χ1v) is 8.81. The van der Waals surface area contributed by atoms with Gasteiger partial charge in [-0.15, -0.1) is 5.10 Å². The molecule has 0 saturated carbocycles. The van der Waals surface area contributed by atoms with Crippen molar-refractivity contribution in [1.82, 2.24) is 15.5 Å². The van der Waals surface area contributed by atoms with E-state index in [4.69, 9.17) is 14.9 Å². The summed E-state index contributed by atoms with van der Waals surface area (Å²) in [5.74, 6) is -2.29. The Labute approximate surface area is 140 Å². The molecule has 24 heavy (non-hydrogen) atoms. The zero-order chi connectivity index (χ0) is 18.7. The van der Waals surface area contributed by atoms with Crippen LogP contribution in [0, 0.1) is 5.92 Å². The lowest BCUT2D eigenvalue weighted by atomic mass is 10.1. The van der Waals surface area contributed by atoms with E-state index < -0.39 is 44.5 Å². The van der Waals surface area contributed by atoms with Crippen molar-refractivity contribution >= 4 is 21.8 Å². The number of rotatable bonds is 6. The maximum Gasteiger partial charge on any atom is 0.408 e. The predicted molar refractivity (Wildman–Crippen MR) is 82.5 cm³/mol. The largest absolute Gasteiger partial charge is 0.444 e. The summed E-state index contributed by atoms with van der Waals surface area (Å²) in [4.78, 5) is 22.7. The molecule has 0 fully saturated rings. The number of nitrogens with one attached hydrogen (secondary N) is 1. The molecule has 0 aromatic carbocycles. The molecule has 136 valence electrons. The van der Waals surface area contributed by atoms with Crippen molar-refractivity contribution in [2.75, 3.05) is 5.75 Å². The average Bonchev–Trinajstić information content (AvgIpc) is 2.81. The Balaban J connectivity index is 3.00. The van der Waals surface area contributed by atoms with Crippen molar-refractivity contribution in [2.45, 2.75) is 51.5 Å².